The van der Waals surface area contributed by atoms with Crippen molar-refractivity contribution in [1.82, 2.24) is 10.2 Å². The average molecular weight is 417 g/mol. The van der Waals surface area contributed by atoms with E-state index in [4.69, 9.17) is 4.74 Å². The summed E-state index contributed by atoms with van der Waals surface area (Å²) in [7, 11) is 0. The molecule has 0 saturated carbocycles. The maximum absolute atomic E-state index is 12.5. The molecular weight excluding hydrogens is 398 g/mol. The summed E-state index contributed by atoms with van der Waals surface area (Å²) < 4.78 is 5.13. The van der Waals surface area contributed by atoms with Crippen LogP contribution in [0.5, 0.6) is 0 Å². The SMILES string of the molecule is CC(OC(=O)CNC(=O)c1cccc([N+](=O)[O-])c1)C(=O)N1CCc2sccc2C1. The van der Waals surface area contributed by atoms with Gasteiger partial charge in [0.1, 0.15) is 6.54 Å². The Morgan fingerprint density at radius 1 is 1.34 bits per heavy atom. The van der Waals surface area contributed by atoms with Gasteiger partial charge in [0, 0.05) is 35.7 Å². The number of amides is 2. The average Bonchev–Trinajstić information content (AvgIpc) is 3.19. The molecule has 2 heterocycles. The molecule has 1 aromatic carbocycles. The monoisotopic (exact) mass is 417 g/mol. The summed E-state index contributed by atoms with van der Waals surface area (Å²) >= 11 is 1.67. The van der Waals surface area contributed by atoms with Crippen LogP contribution in [-0.4, -0.2) is 46.8 Å². The number of carbonyl (C=O) groups is 3. The van der Waals surface area contributed by atoms with Crippen LogP contribution in [-0.2, 0) is 27.3 Å². The van der Waals surface area contributed by atoms with Gasteiger partial charge in [0.15, 0.2) is 6.10 Å². The van der Waals surface area contributed by atoms with Crippen molar-refractivity contribution < 1.29 is 24.0 Å². The molecule has 3 rings (SSSR count). The van der Waals surface area contributed by atoms with Crippen LogP contribution in [0.25, 0.3) is 0 Å². The molecule has 1 unspecified atom stereocenters. The Hall–Kier alpha value is -3.27. The van der Waals surface area contributed by atoms with Crippen LogP contribution in [0.1, 0.15) is 27.7 Å². The minimum Gasteiger partial charge on any atom is -0.451 e. The fourth-order valence-electron chi connectivity index (χ4n) is 3.00. The smallest absolute Gasteiger partial charge is 0.326 e. The predicted molar refractivity (Wildman–Crippen MR) is 104 cm³/mol. The quantitative estimate of drug-likeness (QED) is 0.436. The van der Waals surface area contributed by atoms with Gasteiger partial charge in [0.05, 0.1) is 4.92 Å². The van der Waals surface area contributed by atoms with E-state index in [1.807, 2.05) is 11.4 Å². The van der Waals surface area contributed by atoms with Crippen LogP contribution in [0.4, 0.5) is 5.69 Å². The summed E-state index contributed by atoms with van der Waals surface area (Å²) in [6, 6.07) is 7.14. The molecule has 1 N–H and O–H groups in total. The van der Waals surface area contributed by atoms with Gasteiger partial charge in [-0.3, -0.25) is 24.5 Å². The van der Waals surface area contributed by atoms with Crippen molar-refractivity contribution in [2.24, 2.45) is 0 Å². The first-order valence-electron chi connectivity index (χ1n) is 8.91. The van der Waals surface area contributed by atoms with Gasteiger partial charge in [-0.2, -0.15) is 0 Å². The minimum atomic E-state index is -0.975. The standard InChI is InChI=1S/C19H19N3O6S/c1-12(19(25)21-7-5-16-14(11-21)6-8-29-16)28-17(23)10-20-18(24)13-3-2-4-15(9-13)22(26)27/h2-4,6,8-9,12H,5,7,10-11H2,1H3,(H,20,24). The van der Waals surface area contributed by atoms with Crippen molar-refractivity contribution in [3.8, 4) is 0 Å². The van der Waals surface area contributed by atoms with Crippen molar-refractivity contribution in [2.75, 3.05) is 13.1 Å². The molecule has 1 aliphatic heterocycles. The zero-order chi connectivity index (χ0) is 21.0. The van der Waals surface area contributed by atoms with E-state index in [0.717, 1.165) is 18.1 Å². The number of nitrogens with zero attached hydrogens (tertiary/aromatic N) is 2. The lowest BCUT2D eigenvalue weighted by Crippen LogP contribution is -2.43. The number of nitrogens with one attached hydrogen (secondary N) is 1. The molecule has 1 aromatic heterocycles. The largest absolute Gasteiger partial charge is 0.451 e. The number of thiophene rings is 1. The summed E-state index contributed by atoms with van der Waals surface area (Å²) in [5, 5.41) is 15.1. The molecule has 0 saturated heterocycles. The molecule has 1 atom stereocenters. The first kappa shape index (κ1) is 20.5. The zero-order valence-electron chi connectivity index (χ0n) is 15.6. The summed E-state index contributed by atoms with van der Waals surface area (Å²) in [4.78, 5) is 49.7. The van der Waals surface area contributed by atoms with E-state index in [1.54, 1.807) is 16.2 Å². The fourth-order valence-corrected chi connectivity index (χ4v) is 3.89. The number of nitro benzene ring substituents is 1. The van der Waals surface area contributed by atoms with Crippen LogP contribution in [0.15, 0.2) is 35.7 Å². The van der Waals surface area contributed by atoms with E-state index >= 15 is 0 Å². The van der Waals surface area contributed by atoms with Gasteiger partial charge < -0.3 is 15.0 Å². The van der Waals surface area contributed by atoms with Crippen LogP contribution in [0.2, 0.25) is 0 Å². The second-order valence-electron chi connectivity index (χ2n) is 6.50. The number of rotatable bonds is 6. The Morgan fingerprint density at radius 3 is 2.90 bits per heavy atom. The molecule has 152 valence electrons. The molecule has 0 spiro atoms. The lowest BCUT2D eigenvalue weighted by molar-refractivity contribution is -0.384. The Balaban J connectivity index is 1.49. The summed E-state index contributed by atoms with van der Waals surface area (Å²) in [5.74, 6) is -1.70. The molecule has 29 heavy (non-hydrogen) atoms. The number of ether oxygens (including phenoxy) is 1. The molecule has 0 aliphatic carbocycles. The highest BCUT2D eigenvalue weighted by atomic mass is 32.1. The highest BCUT2D eigenvalue weighted by Crippen LogP contribution is 2.24. The number of hydrogen-bond acceptors (Lipinski definition) is 7. The molecule has 10 heteroatoms. The third-order valence-electron chi connectivity index (χ3n) is 4.49. The Kier molecular flexibility index (Phi) is 6.23. The van der Waals surface area contributed by atoms with Crippen LogP contribution >= 0.6 is 11.3 Å². The number of nitro groups is 1. The zero-order valence-corrected chi connectivity index (χ0v) is 16.4. The topological polar surface area (TPSA) is 119 Å². The van der Waals surface area contributed by atoms with Crippen molar-refractivity contribution in [3.63, 3.8) is 0 Å². The van der Waals surface area contributed by atoms with Crippen molar-refractivity contribution >= 4 is 34.8 Å². The van der Waals surface area contributed by atoms with Gasteiger partial charge >= 0.3 is 5.97 Å². The van der Waals surface area contributed by atoms with Crippen molar-refractivity contribution in [3.05, 3.63) is 61.8 Å². The lowest BCUT2D eigenvalue weighted by atomic mass is 10.1. The molecule has 9 nitrogen and oxygen atoms in total. The highest BCUT2D eigenvalue weighted by molar-refractivity contribution is 7.10. The number of esters is 1. The number of non-ortho nitro benzene ring substituents is 1. The maximum atomic E-state index is 12.5. The van der Waals surface area contributed by atoms with Gasteiger partial charge in [-0.15, -0.1) is 11.3 Å². The maximum Gasteiger partial charge on any atom is 0.326 e. The second kappa shape index (κ2) is 8.82. The van der Waals surface area contributed by atoms with Crippen LogP contribution in [0, 0.1) is 10.1 Å². The van der Waals surface area contributed by atoms with Gasteiger partial charge in [-0.05, 0) is 36.4 Å². The van der Waals surface area contributed by atoms with Gasteiger partial charge in [0.2, 0.25) is 0 Å². The number of benzene rings is 1. The third kappa shape index (κ3) is 4.96. The summed E-state index contributed by atoms with van der Waals surface area (Å²) in [6.07, 6.45) is -0.198. The Bertz CT molecular complexity index is 957. The molecule has 0 radical (unpaired) electrons. The number of hydrogen-bond donors (Lipinski definition) is 1. The Morgan fingerprint density at radius 2 is 2.14 bits per heavy atom. The lowest BCUT2D eigenvalue weighted by Gasteiger charge is -2.29. The van der Waals surface area contributed by atoms with E-state index in [2.05, 4.69) is 5.32 Å². The number of carbonyl (C=O) groups excluding carboxylic acids is 3. The van der Waals surface area contributed by atoms with Crippen molar-refractivity contribution in [2.45, 2.75) is 26.0 Å². The first-order valence-corrected chi connectivity index (χ1v) is 9.79. The highest BCUT2D eigenvalue weighted by Gasteiger charge is 2.27. The van der Waals surface area contributed by atoms with Crippen LogP contribution in [0.3, 0.4) is 0 Å². The third-order valence-corrected chi connectivity index (χ3v) is 5.51. The summed E-state index contributed by atoms with van der Waals surface area (Å²) in [5.41, 5.74) is 0.933. The molecule has 2 aromatic rings. The van der Waals surface area contributed by atoms with Crippen molar-refractivity contribution in [1.29, 1.82) is 0 Å². The molecular formula is C19H19N3O6S. The van der Waals surface area contributed by atoms with E-state index in [1.165, 1.54) is 30.0 Å². The molecule has 0 bridgehead atoms. The van der Waals surface area contributed by atoms with E-state index in [-0.39, 0.29) is 17.2 Å². The van der Waals surface area contributed by atoms with E-state index < -0.39 is 29.4 Å². The normalized spacial score (nSPS) is 13.9. The summed E-state index contributed by atoms with van der Waals surface area (Å²) in [6.45, 7) is 2.10. The van der Waals surface area contributed by atoms with Gasteiger partial charge in [-0.25, -0.2) is 0 Å². The van der Waals surface area contributed by atoms with E-state index in [0.29, 0.717) is 13.1 Å². The molecule has 0 fully saturated rings. The van der Waals surface area contributed by atoms with Gasteiger partial charge in [-0.1, -0.05) is 6.07 Å². The molecule has 2 amide bonds. The van der Waals surface area contributed by atoms with Gasteiger partial charge in [0.25, 0.3) is 17.5 Å². The predicted octanol–water partition coefficient (Wildman–Crippen LogP) is 1.90. The fraction of sp³-hybridized carbons (Fsp3) is 0.316. The molecule has 1 aliphatic rings. The number of fused-ring (bicyclic) bond motifs is 1. The van der Waals surface area contributed by atoms with Crippen LogP contribution < -0.4 is 5.32 Å². The minimum absolute atomic E-state index is 0.0519. The Labute approximate surface area is 170 Å². The first-order chi connectivity index (χ1) is 13.8. The second-order valence-corrected chi connectivity index (χ2v) is 7.50. The van der Waals surface area contributed by atoms with E-state index in [9.17, 15) is 24.5 Å².